The lowest BCUT2D eigenvalue weighted by Crippen LogP contribution is -1.85. The Morgan fingerprint density at radius 3 is 2.29 bits per heavy atom. The molecule has 0 heterocycles. The van der Waals surface area contributed by atoms with Crippen LogP contribution in [0, 0.1) is 6.92 Å². The molecule has 2 aromatic carbocycles. The van der Waals surface area contributed by atoms with E-state index in [1.54, 1.807) is 5.41 Å². The number of rotatable bonds is 3. The Hall–Kier alpha value is -1.67. The molecule has 0 bridgehead atoms. The van der Waals surface area contributed by atoms with Gasteiger partial charge in [-0.1, -0.05) is 42.5 Å². The second-order valence-electron chi connectivity index (χ2n) is 3.77. The first-order valence-corrected chi connectivity index (χ1v) is 6.68. The molecule has 1 atom stereocenters. The fraction of sp³-hybridized carbons (Fsp3) is 0.0667. The summed E-state index contributed by atoms with van der Waals surface area (Å²) in [6.07, 6.45) is 1.92. The smallest absolute Gasteiger partial charge is 0.0776 e. The highest BCUT2D eigenvalue weighted by Gasteiger charge is 1.98. The van der Waals surface area contributed by atoms with E-state index in [2.05, 4.69) is 0 Å². The molecule has 1 nitrogen and oxygen atoms in total. The van der Waals surface area contributed by atoms with Gasteiger partial charge in [-0.25, -0.2) is 4.21 Å². The van der Waals surface area contributed by atoms with Gasteiger partial charge in [-0.3, -0.25) is 0 Å². The lowest BCUT2D eigenvalue weighted by atomic mass is 10.1. The third-order valence-electron chi connectivity index (χ3n) is 2.54. The summed E-state index contributed by atoms with van der Waals surface area (Å²) in [7, 11) is -1.07. The molecule has 0 aromatic heterocycles. The first-order valence-electron chi connectivity index (χ1n) is 5.47. The summed E-state index contributed by atoms with van der Waals surface area (Å²) in [5.74, 6) is 0. The van der Waals surface area contributed by atoms with Gasteiger partial charge in [-0.05, 0) is 36.3 Å². The van der Waals surface area contributed by atoms with Gasteiger partial charge in [0.25, 0.3) is 0 Å². The zero-order valence-electron chi connectivity index (χ0n) is 9.67. The molecule has 2 aromatic rings. The molecule has 0 fully saturated rings. The molecule has 0 aliphatic heterocycles. The summed E-state index contributed by atoms with van der Waals surface area (Å²) in [6.45, 7) is 2.05. The summed E-state index contributed by atoms with van der Waals surface area (Å²) in [4.78, 5) is 0.831. The van der Waals surface area contributed by atoms with Gasteiger partial charge in [0.15, 0.2) is 0 Å². The first-order chi connectivity index (χ1) is 8.27. The molecule has 0 aliphatic carbocycles. The first kappa shape index (κ1) is 11.8. The SMILES string of the molecule is Cc1ccccc1/C=C/S(=O)c1ccccc1. The zero-order chi connectivity index (χ0) is 12.1. The number of benzene rings is 2. The van der Waals surface area contributed by atoms with Crippen LogP contribution < -0.4 is 0 Å². The van der Waals surface area contributed by atoms with E-state index in [-0.39, 0.29) is 0 Å². The highest BCUT2D eigenvalue weighted by molar-refractivity contribution is 7.88. The van der Waals surface area contributed by atoms with Gasteiger partial charge in [0, 0.05) is 10.3 Å². The van der Waals surface area contributed by atoms with Gasteiger partial charge in [0.05, 0.1) is 10.8 Å². The van der Waals surface area contributed by atoms with Crippen molar-refractivity contribution in [2.75, 3.05) is 0 Å². The lowest BCUT2D eigenvalue weighted by Gasteiger charge is -1.99. The minimum atomic E-state index is -1.07. The van der Waals surface area contributed by atoms with Crippen LogP contribution in [0.5, 0.6) is 0 Å². The largest absolute Gasteiger partial charge is 0.250 e. The molecule has 0 saturated heterocycles. The van der Waals surface area contributed by atoms with E-state index in [0.717, 1.165) is 10.5 Å². The van der Waals surface area contributed by atoms with Crippen molar-refractivity contribution in [1.82, 2.24) is 0 Å². The monoisotopic (exact) mass is 242 g/mol. The highest BCUT2D eigenvalue weighted by Crippen LogP contribution is 2.12. The van der Waals surface area contributed by atoms with Crippen LogP contribution in [-0.4, -0.2) is 4.21 Å². The van der Waals surface area contributed by atoms with Gasteiger partial charge in [0.1, 0.15) is 0 Å². The van der Waals surface area contributed by atoms with Crippen LogP contribution >= 0.6 is 0 Å². The van der Waals surface area contributed by atoms with Gasteiger partial charge in [-0.2, -0.15) is 0 Å². The molecule has 2 rings (SSSR count). The summed E-state index contributed by atoms with van der Waals surface area (Å²) in [5, 5.41) is 1.73. The molecule has 0 N–H and O–H groups in total. The van der Waals surface area contributed by atoms with Crippen LogP contribution in [0.3, 0.4) is 0 Å². The van der Waals surface area contributed by atoms with E-state index in [4.69, 9.17) is 0 Å². The Labute approximate surface area is 104 Å². The Morgan fingerprint density at radius 1 is 0.941 bits per heavy atom. The molecule has 17 heavy (non-hydrogen) atoms. The van der Waals surface area contributed by atoms with Gasteiger partial charge in [-0.15, -0.1) is 0 Å². The average Bonchev–Trinajstić information content (AvgIpc) is 2.38. The van der Waals surface area contributed by atoms with Crippen LogP contribution in [0.1, 0.15) is 11.1 Å². The van der Waals surface area contributed by atoms with E-state index < -0.39 is 10.8 Å². The molecule has 1 unspecified atom stereocenters. The van der Waals surface area contributed by atoms with Crippen molar-refractivity contribution in [3.05, 3.63) is 71.1 Å². The predicted molar refractivity (Wildman–Crippen MR) is 73.1 cm³/mol. The Kier molecular flexibility index (Phi) is 3.89. The standard InChI is InChI=1S/C15H14OS/c1-13-7-5-6-8-14(13)11-12-17(16)15-9-3-2-4-10-15/h2-12H,1H3/b12-11+. The van der Waals surface area contributed by atoms with Crippen molar-refractivity contribution >= 4 is 16.9 Å². The van der Waals surface area contributed by atoms with Crippen LogP contribution in [-0.2, 0) is 10.8 Å². The molecule has 0 amide bonds. The lowest BCUT2D eigenvalue weighted by molar-refractivity contribution is 0.688. The number of hydrogen-bond donors (Lipinski definition) is 0. The molecule has 86 valence electrons. The van der Waals surface area contributed by atoms with E-state index in [0.29, 0.717) is 0 Å². The summed E-state index contributed by atoms with van der Waals surface area (Å²) < 4.78 is 12.0. The normalized spacial score (nSPS) is 12.8. The molecule has 0 saturated carbocycles. The highest BCUT2D eigenvalue weighted by atomic mass is 32.2. The predicted octanol–water partition coefficient (Wildman–Crippen LogP) is 3.77. The van der Waals surface area contributed by atoms with Crippen molar-refractivity contribution in [2.45, 2.75) is 11.8 Å². The minimum absolute atomic E-state index is 0.831. The van der Waals surface area contributed by atoms with Crippen molar-refractivity contribution in [3.8, 4) is 0 Å². The summed E-state index contributed by atoms with van der Waals surface area (Å²) in [6, 6.07) is 17.5. The Bertz CT molecular complexity index is 544. The van der Waals surface area contributed by atoms with E-state index >= 15 is 0 Å². The van der Waals surface area contributed by atoms with Gasteiger partial charge < -0.3 is 0 Å². The topological polar surface area (TPSA) is 17.1 Å². The molecule has 0 radical (unpaired) electrons. The van der Waals surface area contributed by atoms with Crippen molar-refractivity contribution in [1.29, 1.82) is 0 Å². The average molecular weight is 242 g/mol. The van der Waals surface area contributed by atoms with E-state index in [1.807, 2.05) is 67.6 Å². The van der Waals surface area contributed by atoms with Crippen molar-refractivity contribution < 1.29 is 4.21 Å². The Balaban J connectivity index is 2.17. The second kappa shape index (κ2) is 5.60. The minimum Gasteiger partial charge on any atom is -0.250 e. The maximum Gasteiger partial charge on any atom is 0.0776 e. The van der Waals surface area contributed by atoms with Crippen molar-refractivity contribution in [2.24, 2.45) is 0 Å². The summed E-state index contributed by atoms with van der Waals surface area (Å²) in [5.41, 5.74) is 2.30. The zero-order valence-corrected chi connectivity index (χ0v) is 10.5. The van der Waals surface area contributed by atoms with E-state index in [9.17, 15) is 4.21 Å². The van der Waals surface area contributed by atoms with Crippen molar-refractivity contribution in [3.63, 3.8) is 0 Å². The molecular weight excluding hydrogens is 228 g/mol. The fourth-order valence-corrected chi connectivity index (χ4v) is 2.39. The number of aryl methyl sites for hydroxylation is 1. The van der Waals surface area contributed by atoms with Gasteiger partial charge in [0.2, 0.25) is 0 Å². The maximum atomic E-state index is 12.0. The molecule has 0 spiro atoms. The van der Waals surface area contributed by atoms with Crippen LogP contribution in [0.15, 0.2) is 64.9 Å². The molecule has 2 heteroatoms. The number of hydrogen-bond acceptors (Lipinski definition) is 1. The third kappa shape index (κ3) is 3.14. The second-order valence-corrected chi connectivity index (χ2v) is 5.11. The Morgan fingerprint density at radius 2 is 1.59 bits per heavy atom. The molecule has 0 aliphatic rings. The summed E-state index contributed by atoms with van der Waals surface area (Å²) >= 11 is 0. The third-order valence-corrected chi connectivity index (χ3v) is 3.66. The fourth-order valence-electron chi connectivity index (χ4n) is 1.54. The maximum absolute atomic E-state index is 12.0. The molecular formula is C15H14OS. The quantitative estimate of drug-likeness (QED) is 0.800. The van der Waals surface area contributed by atoms with Crippen LogP contribution in [0.25, 0.3) is 6.08 Å². The van der Waals surface area contributed by atoms with E-state index in [1.165, 1.54) is 5.56 Å². The van der Waals surface area contributed by atoms with Crippen LogP contribution in [0.2, 0.25) is 0 Å². The van der Waals surface area contributed by atoms with Gasteiger partial charge >= 0.3 is 0 Å². The van der Waals surface area contributed by atoms with Crippen LogP contribution in [0.4, 0.5) is 0 Å².